The molecule has 3 heterocycles. The molecule has 16 heavy (non-hydrogen) atoms. The molecular weight excluding hydrogens is 246 g/mol. The zero-order valence-electron chi connectivity index (χ0n) is 8.52. The summed E-state index contributed by atoms with van der Waals surface area (Å²) in [6.45, 7) is 3.26. The van der Waals surface area contributed by atoms with Crippen molar-refractivity contribution in [2.45, 2.75) is 0 Å². The van der Waals surface area contributed by atoms with E-state index in [1.165, 1.54) is 11.3 Å². The average molecular weight is 256 g/mol. The lowest BCUT2D eigenvalue weighted by atomic mass is 10.3. The van der Waals surface area contributed by atoms with E-state index in [0.29, 0.717) is 0 Å². The fraction of sp³-hybridized carbons (Fsp3) is 0.400. The normalized spacial score (nSPS) is 16.9. The summed E-state index contributed by atoms with van der Waals surface area (Å²) < 4.78 is 6.08. The molecule has 2 aromatic rings. The molecule has 1 aliphatic rings. The first-order valence-corrected chi connectivity index (χ1v) is 6.27. The standard InChI is InChI=1S/C10H10ClN3OS/c11-8-5-7-9(12-6-13-10(7)16-8)14-1-3-15-4-2-14/h5-6H,1-4H2. The van der Waals surface area contributed by atoms with Crippen LogP contribution in [-0.4, -0.2) is 36.3 Å². The SMILES string of the molecule is Clc1cc2c(N3CCOCC3)ncnc2s1. The van der Waals surface area contributed by atoms with Gasteiger partial charge in [0.1, 0.15) is 17.0 Å². The maximum atomic E-state index is 6.00. The summed E-state index contributed by atoms with van der Waals surface area (Å²) >= 11 is 7.49. The Morgan fingerprint density at radius 3 is 2.94 bits per heavy atom. The van der Waals surface area contributed by atoms with Gasteiger partial charge in [-0.2, -0.15) is 0 Å². The molecule has 0 saturated carbocycles. The Morgan fingerprint density at radius 1 is 1.31 bits per heavy atom. The summed E-state index contributed by atoms with van der Waals surface area (Å²) in [7, 11) is 0. The first kappa shape index (κ1) is 10.3. The predicted octanol–water partition coefficient (Wildman–Crippen LogP) is 2.18. The number of nitrogens with zero attached hydrogens (tertiary/aromatic N) is 3. The van der Waals surface area contributed by atoms with Gasteiger partial charge in [-0.25, -0.2) is 9.97 Å². The lowest BCUT2D eigenvalue weighted by Crippen LogP contribution is -2.36. The highest BCUT2D eigenvalue weighted by molar-refractivity contribution is 7.22. The number of hydrogen-bond donors (Lipinski definition) is 0. The molecule has 0 aromatic carbocycles. The maximum Gasteiger partial charge on any atom is 0.140 e. The molecule has 0 bridgehead atoms. The number of halogens is 1. The molecule has 0 unspecified atom stereocenters. The van der Waals surface area contributed by atoms with Crippen molar-refractivity contribution >= 4 is 39.0 Å². The number of fused-ring (bicyclic) bond motifs is 1. The van der Waals surface area contributed by atoms with Crippen molar-refractivity contribution in [1.29, 1.82) is 0 Å². The van der Waals surface area contributed by atoms with E-state index in [1.807, 2.05) is 6.07 Å². The average Bonchev–Trinajstić information content (AvgIpc) is 2.70. The Kier molecular flexibility index (Phi) is 2.67. The van der Waals surface area contributed by atoms with Gasteiger partial charge in [-0.05, 0) is 6.07 Å². The molecule has 2 aromatic heterocycles. The first-order valence-electron chi connectivity index (χ1n) is 5.07. The van der Waals surface area contributed by atoms with Gasteiger partial charge in [-0.3, -0.25) is 0 Å². The third-order valence-corrected chi connectivity index (χ3v) is 3.76. The molecular formula is C10H10ClN3OS. The number of thiophene rings is 1. The summed E-state index contributed by atoms with van der Waals surface area (Å²) in [6.07, 6.45) is 1.60. The molecule has 0 aliphatic carbocycles. The van der Waals surface area contributed by atoms with Crippen molar-refractivity contribution < 1.29 is 4.74 Å². The van der Waals surface area contributed by atoms with Gasteiger partial charge in [0.15, 0.2) is 0 Å². The van der Waals surface area contributed by atoms with Gasteiger partial charge in [0.2, 0.25) is 0 Å². The van der Waals surface area contributed by atoms with Crippen LogP contribution in [0.1, 0.15) is 0 Å². The largest absolute Gasteiger partial charge is 0.378 e. The van der Waals surface area contributed by atoms with E-state index in [1.54, 1.807) is 6.33 Å². The zero-order chi connectivity index (χ0) is 11.0. The minimum Gasteiger partial charge on any atom is -0.378 e. The number of aromatic nitrogens is 2. The molecule has 4 nitrogen and oxygen atoms in total. The van der Waals surface area contributed by atoms with Gasteiger partial charge in [-0.15, -0.1) is 11.3 Å². The second kappa shape index (κ2) is 4.16. The van der Waals surface area contributed by atoms with E-state index in [9.17, 15) is 0 Å². The van der Waals surface area contributed by atoms with E-state index in [-0.39, 0.29) is 0 Å². The summed E-state index contributed by atoms with van der Waals surface area (Å²) in [6, 6.07) is 1.94. The lowest BCUT2D eigenvalue weighted by molar-refractivity contribution is 0.122. The van der Waals surface area contributed by atoms with Crippen LogP contribution in [-0.2, 0) is 4.74 Å². The molecule has 84 valence electrons. The second-order valence-electron chi connectivity index (χ2n) is 3.57. The van der Waals surface area contributed by atoms with Crippen molar-refractivity contribution in [3.8, 4) is 0 Å². The summed E-state index contributed by atoms with van der Waals surface area (Å²) in [5, 5.41) is 1.04. The predicted molar refractivity (Wildman–Crippen MR) is 65.5 cm³/mol. The topological polar surface area (TPSA) is 38.2 Å². The molecule has 0 radical (unpaired) electrons. The number of ether oxygens (including phenoxy) is 1. The highest BCUT2D eigenvalue weighted by Gasteiger charge is 2.16. The van der Waals surface area contributed by atoms with Gasteiger partial charge in [0.05, 0.1) is 22.9 Å². The number of rotatable bonds is 1. The van der Waals surface area contributed by atoms with Crippen molar-refractivity contribution in [2.75, 3.05) is 31.2 Å². The van der Waals surface area contributed by atoms with Crippen LogP contribution in [0.25, 0.3) is 10.2 Å². The van der Waals surface area contributed by atoms with E-state index in [4.69, 9.17) is 16.3 Å². The van der Waals surface area contributed by atoms with E-state index >= 15 is 0 Å². The molecule has 0 amide bonds. The molecule has 3 rings (SSSR count). The van der Waals surface area contributed by atoms with Gasteiger partial charge >= 0.3 is 0 Å². The fourth-order valence-corrected chi connectivity index (χ4v) is 2.89. The third-order valence-electron chi connectivity index (χ3n) is 2.59. The van der Waals surface area contributed by atoms with Gasteiger partial charge in [0, 0.05) is 13.1 Å². The Labute approximate surface area is 102 Å². The summed E-state index contributed by atoms with van der Waals surface area (Å²) in [5.41, 5.74) is 0. The van der Waals surface area contributed by atoms with Crippen LogP contribution in [0.3, 0.4) is 0 Å². The highest BCUT2D eigenvalue weighted by atomic mass is 35.5. The van der Waals surface area contributed by atoms with Crippen LogP contribution in [0.5, 0.6) is 0 Å². The van der Waals surface area contributed by atoms with Crippen LogP contribution >= 0.6 is 22.9 Å². The van der Waals surface area contributed by atoms with Crippen molar-refractivity contribution in [1.82, 2.24) is 9.97 Å². The van der Waals surface area contributed by atoms with E-state index < -0.39 is 0 Å². The number of morpholine rings is 1. The van der Waals surface area contributed by atoms with Crippen LogP contribution in [0.2, 0.25) is 4.34 Å². The second-order valence-corrected chi connectivity index (χ2v) is 5.23. The zero-order valence-corrected chi connectivity index (χ0v) is 10.1. The van der Waals surface area contributed by atoms with Gasteiger partial charge in [-0.1, -0.05) is 11.6 Å². The molecule has 0 spiro atoms. The van der Waals surface area contributed by atoms with Gasteiger partial charge < -0.3 is 9.64 Å². The first-order chi connectivity index (χ1) is 7.84. The van der Waals surface area contributed by atoms with Crippen molar-refractivity contribution in [2.24, 2.45) is 0 Å². The monoisotopic (exact) mass is 255 g/mol. The Bertz CT molecular complexity index is 510. The minimum absolute atomic E-state index is 0.753. The Morgan fingerprint density at radius 2 is 2.12 bits per heavy atom. The summed E-state index contributed by atoms with van der Waals surface area (Å²) in [5.74, 6) is 0.969. The summed E-state index contributed by atoms with van der Waals surface area (Å²) in [4.78, 5) is 11.7. The molecule has 0 atom stereocenters. The van der Waals surface area contributed by atoms with Crippen LogP contribution < -0.4 is 4.90 Å². The Hall–Kier alpha value is -0.910. The fourth-order valence-electron chi connectivity index (χ4n) is 1.84. The highest BCUT2D eigenvalue weighted by Crippen LogP contribution is 2.32. The van der Waals surface area contributed by atoms with E-state index in [0.717, 1.165) is 46.7 Å². The molecule has 6 heteroatoms. The van der Waals surface area contributed by atoms with Gasteiger partial charge in [0.25, 0.3) is 0 Å². The number of hydrogen-bond acceptors (Lipinski definition) is 5. The van der Waals surface area contributed by atoms with Crippen LogP contribution in [0.4, 0.5) is 5.82 Å². The van der Waals surface area contributed by atoms with Crippen LogP contribution in [0.15, 0.2) is 12.4 Å². The smallest absolute Gasteiger partial charge is 0.140 e. The molecule has 0 N–H and O–H groups in total. The molecule has 1 aliphatic heterocycles. The van der Waals surface area contributed by atoms with Crippen LogP contribution in [0, 0.1) is 0 Å². The maximum absolute atomic E-state index is 6.00. The lowest BCUT2D eigenvalue weighted by Gasteiger charge is -2.27. The van der Waals surface area contributed by atoms with Crippen molar-refractivity contribution in [3.63, 3.8) is 0 Å². The van der Waals surface area contributed by atoms with Crippen molar-refractivity contribution in [3.05, 3.63) is 16.7 Å². The third kappa shape index (κ3) is 1.75. The number of anilines is 1. The Balaban J connectivity index is 2.07. The minimum atomic E-state index is 0.753. The quantitative estimate of drug-likeness (QED) is 0.783. The molecule has 1 saturated heterocycles. The molecule has 1 fully saturated rings. The van der Waals surface area contributed by atoms with E-state index in [2.05, 4.69) is 14.9 Å².